The molecule has 0 aromatic rings. The zero-order valence-corrected chi connectivity index (χ0v) is 12.5. The Morgan fingerprint density at radius 1 is 1.05 bits per heavy atom. The maximum atomic E-state index is 12.1. The molecule has 4 heteroatoms. The van der Waals surface area contributed by atoms with Crippen molar-refractivity contribution in [2.75, 3.05) is 0 Å². The first-order valence-electron chi connectivity index (χ1n) is 7.75. The van der Waals surface area contributed by atoms with Crippen LogP contribution in [0.15, 0.2) is 0 Å². The van der Waals surface area contributed by atoms with Crippen LogP contribution in [-0.2, 0) is 9.59 Å². The normalized spacial score (nSPS) is 45.4. The van der Waals surface area contributed by atoms with E-state index >= 15 is 0 Å². The second-order valence-corrected chi connectivity index (χ2v) is 8.35. The van der Waals surface area contributed by atoms with E-state index in [0.717, 1.165) is 25.2 Å². The Hall–Kier alpha value is -1.06. The smallest absolute Gasteiger partial charge is 0.303 e. The lowest BCUT2D eigenvalue weighted by atomic mass is 9.43. The number of carboxylic acid groups (broad SMARTS) is 1. The van der Waals surface area contributed by atoms with Crippen molar-refractivity contribution in [1.29, 1.82) is 0 Å². The largest absolute Gasteiger partial charge is 0.481 e. The average Bonchev–Trinajstić information content (AvgIpc) is 2.20. The Morgan fingerprint density at radius 2 is 1.65 bits per heavy atom. The van der Waals surface area contributed by atoms with E-state index in [4.69, 9.17) is 5.11 Å². The summed E-state index contributed by atoms with van der Waals surface area (Å²) in [6.45, 7) is 4.74. The summed E-state index contributed by atoms with van der Waals surface area (Å²) in [5, 5.41) is 11.9. The number of carboxylic acids is 1. The van der Waals surface area contributed by atoms with Crippen molar-refractivity contribution in [3.8, 4) is 0 Å². The summed E-state index contributed by atoms with van der Waals surface area (Å²) in [6.07, 6.45) is 7.16. The van der Waals surface area contributed by atoms with Gasteiger partial charge in [-0.25, -0.2) is 0 Å². The highest BCUT2D eigenvalue weighted by Gasteiger charge is 2.60. The molecular weight excluding hydrogens is 254 g/mol. The van der Waals surface area contributed by atoms with Crippen molar-refractivity contribution >= 4 is 11.9 Å². The number of amides is 1. The van der Waals surface area contributed by atoms with Gasteiger partial charge in [0, 0.05) is 12.0 Å². The summed E-state index contributed by atoms with van der Waals surface area (Å²) >= 11 is 0. The SMILES string of the molecule is CC12CC3CC(C)(C1)CC(NC(=O)CCC(=O)O)(C3)C2. The van der Waals surface area contributed by atoms with Crippen LogP contribution >= 0.6 is 0 Å². The standard InChI is InChI=1S/C16H25NO3/c1-14-5-11-6-15(2,8-14)10-16(7-11,9-14)17-12(18)3-4-13(19)20/h11H,3-10H2,1-2H3,(H,17,18)(H,19,20). The lowest BCUT2D eigenvalue weighted by molar-refractivity contribution is -0.144. The summed E-state index contributed by atoms with van der Waals surface area (Å²) in [4.78, 5) is 22.7. The molecule has 0 aromatic carbocycles. The van der Waals surface area contributed by atoms with E-state index in [0.29, 0.717) is 10.8 Å². The average molecular weight is 279 g/mol. The Labute approximate surface area is 120 Å². The van der Waals surface area contributed by atoms with Crippen molar-refractivity contribution in [3.63, 3.8) is 0 Å². The summed E-state index contributed by atoms with van der Waals surface area (Å²) in [7, 11) is 0. The minimum atomic E-state index is -0.899. The van der Waals surface area contributed by atoms with Crippen LogP contribution in [0, 0.1) is 16.7 Å². The molecule has 2 unspecified atom stereocenters. The molecule has 112 valence electrons. The van der Waals surface area contributed by atoms with Gasteiger partial charge in [-0.3, -0.25) is 9.59 Å². The van der Waals surface area contributed by atoms with Gasteiger partial charge in [-0.05, 0) is 55.3 Å². The Balaban J connectivity index is 1.72. The molecule has 0 heterocycles. The van der Waals surface area contributed by atoms with Gasteiger partial charge in [0.2, 0.25) is 5.91 Å². The molecule has 4 aliphatic rings. The van der Waals surface area contributed by atoms with E-state index in [9.17, 15) is 9.59 Å². The van der Waals surface area contributed by atoms with E-state index in [1.165, 1.54) is 19.3 Å². The van der Waals surface area contributed by atoms with Gasteiger partial charge in [-0.2, -0.15) is 0 Å². The molecule has 20 heavy (non-hydrogen) atoms. The van der Waals surface area contributed by atoms with Crippen LogP contribution in [-0.4, -0.2) is 22.5 Å². The second-order valence-electron chi connectivity index (χ2n) is 8.35. The first kappa shape index (κ1) is 13.9. The number of hydrogen-bond donors (Lipinski definition) is 2. The monoisotopic (exact) mass is 279 g/mol. The highest BCUT2D eigenvalue weighted by atomic mass is 16.4. The number of aliphatic carboxylic acids is 1. The number of hydrogen-bond acceptors (Lipinski definition) is 2. The predicted octanol–water partition coefficient (Wildman–Crippen LogP) is 2.72. The highest BCUT2D eigenvalue weighted by molar-refractivity contribution is 5.81. The van der Waals surface area contributed by atoms with E-state index in [1.807, 2.05) is 0 Å². The summed E-state index contributed by atoms with van der Waals surface area (Å²) in [6, 6.07) is 0. The first-order valence-corrected chi connectivity index (χ1v) is 7.75. The fraction of sp³-hybridized carbons (Fsp3) is 0.875. The minimum absolute atomic E-state index is 0.0570. The zero-order chi connectivity index (χ0) is 14.6. The molecule has 4 nitrogen and oxygen atoms in total. The molecule has 1 amide bonds. The minimum Gasteiger partial charge on any atom is -0.481 e. The molecule has 4 bridgehead atoms. The van der Waals surface area contributed by atoms with Crippen LogP contribution in [0.1, 0.15) is 65.2 Å². The maximum absolute atomic E-state index is 12.1. The third-order valence-corrected chi connectivity index (χ3v) is 5.60. The van der Waals surface area contributed by atoms with Gasteiger partial charge >= 0.3 is 5.97 Å². The van der Waals surface area contributed by atoms with Crippen molar-refractivity contribution in [3.05, 3.63) is 0 Å². The molecule has 0 aromatic heterocycles. The number of nitrogens with one attached hydrogen (secondary N) is 1. The number of carbonyl (C=O) groups excluding carboxylic acids is 1. The van der Waals surface area contributed by atoms with Crippen molar-refractivity contribution < 1.29 is 14.7 Å². The van der Waals surface area contributed by atoms with Crippen LogP contribution in [0.25, 0.3) is 0 Å². The molecule has 2 atom stereocenters. The van der Waals surface area contributed by atoms with Crippen LogP contribution in [0.2, 0.25) is 0 Å². The third kappa shape index (κ3) is 2.45. The van der Waals surface area contributed by atoms with Crippen molar-refractivity contribution in [2.24, 2.45) is 16.7 Å². The lowest BCUT2D eigenvalue weighted by Gasteiger charge is -2.65. The van der Waals surface area contributed by atoms with Gasteiger partial charge in [0.15, 0.2) is 0 Å². The second kappa shape index (κ2) is 4.22. The Kier molecular flexibility index (Phi) is 2.93. The van der Waals surface area contributed by atoms with Gasteiger partial charge < -0.3 is 10.4 Å². The molecule has 0 saturated heterocycles. The third-order valence-electron chi connectivity index (χ3n) is 5.60. The molecule has 0 spiro atoms. The van der Waals surface area contributed by atoms with Gasteiger partial charge in [-0.1, -0.05) is 13.8 Å². The molecule has 4 aliphatic carbocycles. The topological polar surface area (TPSA) is 66.4 Å². The van der Waals surface area contributed by atoms with Gasteiger partial charge in [-0.15, -0.1) is 0 Å². The molecule has 0 radical (unpaired) electrons. The van der Waals surface area contributed by atoms with E-state index in [2.05, 4.69) is 19.2 Å². The van der Waals surface area contributed by atoms with Gasteiger partial charge in [0.1, 0.15) is 0 Å². The predicted molar refractivity (Wildman–Crippen MR) is 75.1 cm³/mol. The molecule has 4 saturated carbocycles. The van der Waals surface area contributed by atoms with Crippen LogP contribution < -0.4 is 5.32 Å². The highest BCUT2D eigenvalue weighted by Crippen LogP contribution is 2.66. The molecule has 4 rings (SSSR count). The van der Waals surface area contributed by atoms with Crippen LogP contribution in [0.3, 0.4) is 0 Å². The quantitative estimate of drug-likeness (QED) is 0.831. The Morgan fingerprint density at radius 3 is 2.15 bits per heavy atom. The van der Waals surface area contributed by atoms with E-state index < -0.39 is 5.97 Å². The Bertz CT molecular complexity index is 441. The summed E-state index contributed by atoms with van der Waals surface area (Å²) in [5.74, 6) is -0.243. The van der Waals surface area contributed by atoms with Crippen molar-refractivity contribution in [2.45, 2.75) is 70.8 Å². The maximum Gasteiger partial charge on any atom is 0.303 e. The lowest BCUT2D eigenvalue weighted by Crippen LogP contribution is -2.65. The first-order chi connectivity index (χ1) is 9.22. The van der Waals surface area contributed by atoms with Crippen LogP contribution in [0.4, 0.5) is 0 Å². The molecule has 2 N–H and O–H groups in total. The fourth-order valence-electron chi connectivity index (χ4n) is 6.17. The molecule has 4 fully saturated rings. The van der Waals surface area contributed by atoms with Gasteiger partial charge in [0.05, 0.1) is 6.42 Å². The summed E-state index contributed by atoms with van der Waals surface area (Å²) < 4.78 is 0. The molecule has 0 aliphatic heterocycles. The number of rotatable bonds is 4. The number of carbonyl (C=O) groups is 2. The van der Waals surface area contributed by atoms with Crippen molar-refractivity contribution in [1.82, 2.24) is 5.32 Å². The van der Waals surface area contributed by atoms with E-state index in [1.54, 1.807) is 0 Å². The van der Waals surface area contributed by atoms with Gasteiger partial charge in [0.25, 0.3) is 0 Å². The van der Waals surface area contributed by atoms with Crippen LogP contribution in [0.5, 0.6) is 0 Å². The zero-order valence-electron chi connectivity index (χ0n) is 12.5. The molecular formula is C16H25NO3. The summed E-state index contributed by atoms with van der Waals surface area (Å²) in [5.41, 5.74) is 0.682. The fourth-order valence-corrected chi connectivity index (χ4v) is 6.17. The van der Waals surface area contributed by atoms with E-state index in [-0.39, 0.29) is 24.3 Å².